The maximum atomic E-state index is 12.0. The van der Waals surface area contributed by atoms with E-state index < -0.39 is 0 Å². The number of hydrogen-bond donors (Lipinski definition) is 3. The number of aryl methyl sites for hydroxylation is 1. The predicted molar refractivity (Wildman–Crippen MR) is 70.2 cm³/mol. The summed E-state index contributed by atoms with van der Waals surface area (Å²) >= 11 is 0. The topological polar surface area (TPSA) is 89.3 Å². The summed E-state index contributed by atoms with van der Waals surface area (Å²) in [7, 11) is 1.64. The molecule has 0 aliphatic rings. The first-order valence-electron chi connectivity index (χ1n) is 5.78. The quantitative estimate of drug-likeness (QED) is 0.512. The molecule has 0 saturated heterocycles. The van der Waals surface area contributed by atoms with Crippen LogP contribution < -0.4 is 16.6 Å². The lowest BCUT2D eigenvalue weighted by Gasteiger charge is -2.13. The van der Waals surface area contributed by atoms with Gasteiger partial charge in [0, 0.05) is 25.5 Å². The first-order valence-corrected chi connectivity index (χ1v) is 5.78. The minimum Gasteiger partial charge on any atom is -0.384 e. The van der Waals surface area contributed by atoms with Crippen LogP contribution in [0.4, 0.5) is 5.69 Å². The van der Waals surface area contributed by atoms with Crippen molar-refractivity contribution in [2.45, 2.75) is 13.8 Å². The summed E-state index contributed by atoms with van der Waals surface area (Å²) in [5.74, 6) is 5.44. The molecule has 0 spiro atoms. The van der Waals surface area contributed by atoms with Gasteiger partial charge in [0.05, 0.1) is 17.9 Å². The van der Waals surface area contributed by atoms with Crippen molar-refractivity contribution in [3.8, 4) is 0 Å². The van der Waals surface area contributed by atoms with Gasteiger partial charge < -0.3 is 15.5 Å². The molecule has 1 heterocycles. The van der Waals surface area contributed by atoms with Crippen LogP contribution in [0.5, 0.6) is 0 Å². The number of nitrogens with zero attached hydrogens (tertiary/aromatic N) is 1. The number of hydrazine groups is 1. The maximum absolute atomic E-state index is 12.0. The van der Waals surface area contributed by atoms with Gasteiger partial charge in [-0.15, -0.1) is 0 Å². The second kappa shape index (κ2) is 6.93. The van der Waals surface area contributed by atoms with Crippen LogP contribution in [0.2, 0.25) is 0 Å². The third kappa shape index (κ3) is 3.97. The number of nitrogens with one attached hydrogen (secondary N) is 2. The van der Waals surface area contributed by atoms with Crippen molar-refractivity contribution in [2.75, 3.05) is 25.7 Å². The highest BCUT2D eigenvalue weighted by Gasteiger charge is 2.12. The number of anilines is 1. The molecule has 100 valence electrons. The number of nitrogen functional groups attached to an aromatic ring is 1. The molecule has 4 N–H and O–H groups in total. The molecule has 6 nitrogen and oxygen atoms in total. The fraction of sp³-hybridized carbons (Fsp3) is 0.500. The van der Waals surface area contributed by atoms with Crippen molar-refractivity contribution in [1.29, 1.82) is 0 Å². The number of methoxy groups -OCH3 is 1. The Morgan fingerprint density at radius 1 is 1.61 bits per heavy atom. The second-order valence-electron chi connectivity index (χ2n) is 4.29. The minimum atomic E-state index is -0.196. The molecule has 0 saturated carbocycles. The molecule has 1 atom stereocenters. The van der Waals surface area contributed by atoms with Gasteiger partial charge in [-0.1, -0.05) is 6.92 Å². The molecule has 0 radical (unpaired) electrons. The number of carbonyl (C=O) groups is 1. The molecule has 0 bridgehead atoms. The lowest BCUT2D eigenvalue weighted by molar-refractivity contribution is 0.0934. The van der Waals surface area contributed by atoms with Crippen molar-refractivity contribution in [2.24, 2.45) is 11.8 Å². The van der Waals surface area contributed by atoms with E-state index in [2.05, 4.69) is 15.7 Å². The van der Waals surface area contributed by atoms with Crippen LogP contribution in [0.15, 0.2) is 12.3 Å². The highest BCUT2D eigenvalue weighted by atomic mass is 16.5. The normalized spacial score (nSPS) is 12.0. The van der Waals surface area contributed by atoms with E-state index in [4.69, 9.17) is 10.6 Å². The molecule has 6 heteroatoms. The highest BCUT2D eigenvalue weighted by Crippen LogP contribution is 2.14. The zero-order valence-corrected chi connectivity index (χ0v) is 11.0. The van der Waals surface area contributed by atoms with Gasteiger partial charge in [-0.25, -0.2) is 0 Å². The summed E-state index contributed by atoms with van der Waals surface area (Å²) in [6.45, 7) is 4.99. The van der Waals surface area contributed by atoms with E-state index in [0.717, 1.165) is 5.69 Å². The number of rotatable bonds is 6. The van der Waals surface area contributed by atoms with Gasteiger partial charge in [-0.05, 0) is 18.9 Å². The Balaban J connectivity index is 2.66. The van der Waals surface area contributed by atoms with Gasteiger partial charge in [-0.3, -0.25) is 15.6 Å². The summed E-state index contributed by atoms with van der Waals surface area (Å²) < 4.78 is 5.01. The monoisotopic (exact) mass is 252 g/mol. The van der Waals surface area contributed by atoms with Crippen LogP contribution in [0.1, 0.15) is 23.0 Å². The number of hydrogen-bond acceptors (Lipinski definition) is 5. The lowest BCUT2D eigenvalue weighted by atomic mass is 10.1. The van der Waals surface area contributed by atoms with E-state index in [1.54, 1.807) is 13.2 Å². The molecule has 0 aliphatic heterocycles. The molecule has 1 rings (SSSR count). The van der Waals surface area contributed by atoms with Crippen LogP contribution in [-0.4, -0.2) is 31.2 Å². The van der Waals surface area contributed by atoms with E-state index in [-0.39, 0.29) is 11.8 Å². The fourth-order valence-electron chi connectivity index (χ4n) is 1.57. The highest BCUT2D eigenvalue weighted by molar-refractivity contribution is 5.99. The van der Waals surface area contributed by atoms with Gasteiger partial charge >= 0.3 is 0 Å². The third-order valence-corrected chi connectivity index (χ3v) is 2.50. The summed E-state index contributed by atoms with van der Waals surface area (Å²) in [6, 6.07) is 1.73. The van der Waals surface area contributed by atoms with Crippen LogP contribution in [-0.2, 0) is 4.74 Å². The molecular formula is C12H20N4O2. The summed E-state index contributed by atoms with van der Waals surface area (Å²) in [4.78, 5) is 16.0. The molecule has 1 aromatic heterocycles. The number of aromatic nitrogens is 1. The van der Waals surface area contributed by atoms with E-state index in [0.29, 0.717) is 24.4 Å². The molecule has 1 aromatic rings. The second-order valence-corrected chi connectivity index (χ2v) is 4.29. The molecule has 1 unspecified atom stereocenters. The van der Waals surface area contributed by atoms with Gasteiger partial charge in [0.25, 0.3) is 5.91 Å². The maximum Gasteiger partial charge on any atom is 0.255 e. The Morgan fingerprint density at radius 2 is 2.33 bits per heavy atom. The largest absolute Gasteiger partial charge is 0.384 e. The zero-order valence-electron chi connectivity index (χ0n) is 11.0. The molecular weight excluding hydrogens is 232 g/mol. The lowest BCUT2D eigenvalue weighted by Crippen LogP contribution is -2.31. The molecule has 1 amide bonds. The van der Waals surface area contributed by atoms with Crippen molar-refractivity contribution in [1.82, 2.24) is 10.3 Å². The Morgan fingerprint density at radius 3 is 2.94 bits per heavy atom. The fourth-order valence-corrected chi connectivity index (χ4v) is 1.57. The van der Waals surface area contributed by atoms with E-state index in [1.165, 1.54) is 6.20 Å². The number of amides is 1. The Hall–Kier alpha value is -1.66. The first-order chi connectivity index (χ1) is 8.58. The van der Waals surface area contributed by atoms with Crippen LogP contribution in [0.3, 0.4) is 0 Å². The first kappa shape index (κ1) is 14.4. The van der Waals surface area contributed by atoms with Gasteiger partial charge in [0.2, 0.25) is 0 Å². The Labute approximate surface area is 107 Å². The van der Waals surface area contributed by atoms with Gasteiger partial charge in [0.15, 0.2) is 0 Å². The van der Waals surface area contributed by atoms with Crippen LogP contribution >= 0.6 is 0 Å². The zero-order chi connectivity index (χ0) is 13.5. The summed E-state index contributed by atoms with van der Waals surface area (Å²) in [6.07, 6.45) is 1.51. The predicted octanol–water partition coefficient (Wildman–Crippen LogP) is 0.688. The minimum absolute atomic E-state index is 0.196. The standard InChI is InChI=1S/C12H20N4O2/c1-8(7-18-3)5-15-12(17)10-6-14-9(2)4-11(10)16-13/h4,6,8H,5,7,13H2,1-3H3,(H,14,16)(H,15,17). The number of ether oxygens (including phenoxy) is 1. The van der Waals surface area contributed by atoms with E-state index in [1.807, 2.05) is 13.8 Å². The third-order valence-electron chi connectivity index (χ3n) is 2.50. The smallest absolute Gasteiger partial charge is 0.255 e. The van der Waals surface area contributed by atoms with E-state index >= 15 is 0 Å². The Kier molecular flexibility index (Phi) is 5.54. The number of pyridine rings is 1. The van der Waals surface area contributed by atoms with Gasteiger partial charge in [-0.2, -0.15) is 0 Å². The number of carbonyl (C=O) groups excluding carboxylic acids is 1. The van der Waals surface area contributed by atoms with Gasteiger partial charge in [0.1, 0.15) is 0 Å². The summed E-state index contributed by atoms with van der Waals surface area (Å²) in [5.41, 5.74) is 4.31. The van der Waals surface area contributed by atoms with E-state index in [9.17, 15) is 4.79 Å². The van der Waals surface area contributed by atoms with Crippen molar-refractivity contribution in [3.63, 3.8) is 0 Å². The molecule has 0 fully saturated rings. The molecule has 18 heavy (non-hydrogen) atoms. The average molecular weight is 252 g/mol. The molecule has 0 aromatic carbocycles. The van der Waals surface area contributed by atoms with Crippen molar-refractivity contribution in [3.05, 3.63) is 23.5 Å². The number of nitrogens with two attached hydrogens (primary N) is 1. The van der Waals surface area contributed by atoms with Crippen LogP contribution in [0, 0.1) is 12.8 Å². The van der Waals surface area contributed by atoms with Crippen molar-refractivity contribution < 1.29 is 9.53 Å². The SMILES string of the molecule is COCC(C)CNC(=O)c1cnc(C)cc1NN. The van der Waals surface area contributed by atoms with Crippen molar-refractivity contribution >= 4 is 11.6 Å². The molecule has 0 aliphatic carbocycles. The Bertz CT molecular complexity index is 409. The average Bonchev–Trinajstić information content (AvgIpc) is 2.36. The summed E-state index contributed by atoms with van der Waals surface area (Å²) in [5, 5.41) is 2.82. The van der Waals surface area contributed by atoms with Crippen LogP contribution in [0.25, 0.3) is 0 Å².